The molecule has 1 N–H and O–H groups in total. The quantitative estimate of drug-likeness (QED) is 0.673. The van der Waals surface area contributed by atoms with Crippen LogP contribution in [0.4, 0.5) is 0 Å². The van der Waals surface area contributed by atoms with Gasteiger partial charge in [-0.3, -0.25) is 19.3 Å². The number of carbonyl (C=O) groups is 3. The molecule has 0 fully saturated rings. The molecule has 21 heavy (non-hydrogen) atoms. The van der Waals surface area contributed by atoms with Crippen molar-refractivity contribution in [3.8, 4) is 5.75 Å². The van der Waals surface area contributed by atoms with E-state index in [-0.39, 0.29) is 24.3 Å². The monoisotopic (exact) mass is 289 g/mol. The molecule has 0 atom stereocenters. The van der Waals surface area contributed by atoms with Gasteiger partial charge in [0, 0.05) is 18.5 Å². The number of Topliss-reactive ketones (excluding diaryl/α,β-unsaturated/α-hetero) is 1. The fraction of sp³-hybridized carbons (Fsp3) is 0.267. The van der Waals surface area contributed by atoms with Crippen LogP contribution < -0.4 is 4.74 Å². The molecule has 6 nitrogen and oxygen atoms in total. The highest BCUT2D eigenvalue weighted by Crippen LogP contribution is 2.21. The second-order valence-electron chi connectivity index (χ2n) is 4.62. The van der Waals surface area contributed by atoms with E-state index >= 15 is 0 Å². The first kappa shape index (κ1) is 14.8. The molecule has 6 heteroatoms. The highest BCUT2D eigenvalue weighted by molar-refractivity contribution is 6.23. The molecule has 1 aromatic carbocycles. The molecule has 0 saturated heterocycles. The van der Waals surface area contributed by atoms with Gasteiger partial charge in [0.2, 0.25) is 0 Å². The maximum absolute atomic E-state index is 12.3. The third kappa shape index (κ3) is 2.79. The summed E-state index contributed by atoms with van der Waals surface area (Å²) < 4.78 is 5.00. The summed E-state index contributed by atoms with van der Waals surface area (Å²) in [5.41, 5.74) is -0.00319. The van der Waals surface area contributed by atoms with Gasteiger partial charge < -0.3 is 9.84 Å². The number of carbonyl (C=O) groups excluding carboxylic acids is 3. The number of ketones is 1. The zero-order chi connectivity index (χ0) is 15.6. The Labute approximate surface area is 121 Å². The zero-order valence-electron chi connectivity index (χ0n) is 11.8. The second-order valence-corrected chi connectivity index (χ2v) is 4.62. The average molecular weight is 289 g/mol. The van der Waals surface area contributed by atoms with E-state index in [9.17, 15) is 19.5 Å². The second kappa shape index (κ2) is 5.78. The van der Waals surface area contributed by atoms with Crippen LogP contribution in [0, 0.1) is 0 Å². The van der Waals surface area contributed by atoms with E-state index in [2.05, 4.69) is 0 Å². The summed E-state index contributed by atoms with van der Waals surface area (Å²) in [4.78, 5) is 36.9. The number of nitrogens with zero attached hydrogens (tertiary/aromatic N) is 1. The molecule has 0 saturated carbocycles. The zero-order valence-corrected chi connectivity index (χ0v) is 11.8. The molecule has 110 valence electrons. The predicted octanol–water partition coefficient (Wildman–Crippen LogP) is 1.47. The number of hydrogen-bond donors (Lipinski definition) is 1. The van der Waals surface area contributed by atoms with Crippen molar-refractivity contribution < 1.29 is 24.2 Å². The Balaban J connectivity index is 2.28. The van der Waals surface area contributed by atoms with Crippen LogP contribution in [0.5, 0.6) is 5.75 Å². The lowest BCUT2D eigenvalue weighted by Crippen LogP contribution is -2.43. The Bertz CT molecular complexity index is 630. The van der Waals surface area contributed by atoms with Gasteiger partial charge in [0.1, 0.15) is 17.1 Å². The van der Waals surface area contributed by atoms with E-state index in [0.29, 0.717) is 11.3 Å². The molecule has 0 bridgehead atoms. The van der Waals surface area contributed by atoms with Crippen molar-refractivity contribution >= 4 is 17.6 Å². The van der Waals surface area contributed by atoms with Crippen LogP contribution in [-0.2, 0) is 9.59 Å². The van der Waals surface area contributed by atoms with Gasteiger partial charge in [-0.15, -0.1) is 0 Å². The largest absolute Gasteiger partial charge is 0.511 e. The predicted molar refractivity (Wildman–Crippen MR) is 74.0 cm³/mol. The number of amides is 2. The van der Waals surface area contributed by atoms with Crippen LogP contribution in [0.3, 0.4) is 0 Å². The fourth-order valence-electron chi connectivity index (χ4n) is 2.14. The number of methoxy groups -OCH3 is 1. The van der Waals surface area contributed by atoms with E-state index in [4.69, 9.17) is 4.74 Å². The van der Waals surface area contributed by atoms with Crippen LogP contribution in [-0.4, -0.2) is 41.3 Å². The Morgan fingerprint density at radius 1 is 1.24 bits per heavy atom. The van der Waals surface area contributed by atoms with Gasteiger partial charge in [0.25, 0.3) is 11.8 Å². The van der Waals surface area contributed by atoms with Crippen LogP contribution in [0.15, 0.2) is 35.6 Å². The highest BCUT2D eigenvalue weighted by Gasteiger charge is 2.34. The molecular formula is C15H15NO5. The molecule has 1 aliphatic heterocycles. The first-order valence-electron chi connectivity index (χ1n) is 6.39. The number of benzene rings is 1. The van der Waals surface area contributed by atoms with Crippen molar-refractivity contribution in [3.63, 3.8) is 0 Å². The van der Waals surface area contributed by atoms with Gasteiger partial charge in [-0.2, -0.15) is 0 Å². The van der Waals surface area contributed by atoms with Crippen molar-refractivity contribution in [3.05, 3.63) is 41.2 Å². The van der Waals surface area contributed by atoms with Crippen molar-refractivity contribution in [1.29, 1.82) is 0 Å². The van der Waals surface area contributed by atoms with E-state index in [1.807, 2.05) is 0 Å². The fourth-order valence-corrected chi connectivity index (χ4v) is 2.14. The summed E-state index contributed by atoms with van der Waals surface area (Å²) in [6.07, 6.45) is 0.0859. The Morgan fingerprint density at radius 3 is 2.38 bits per heavy atom. The molecule has 2 rings (SSSR count). The summed E-state index contributed by atoms with van der Waals surface area (Å²) in [7, 11) is 1.51. The minimum atomic E-state index is -0.757. The molecule has 0 unspecified atom stereocenters. The smallest absolute Gasteiger partial charge is 0.267 e. The number of aliphatic hydroxyl groups is 1. The molecule has 0 aromatic heterocycles. The summed E-state index contributed by atoms with van der Waals surface area (Å²) in [6, 6.07) is 6.31. The topological polar surface area (TPSA) is 83.9 Å². The maximum atomic E-state index is 12.3. The summed E-state index contributed by atoms with van der Waals surface area (Å²) in [6.45, 7) is 1.23. The number of hydrogen-bond acceptors (Lipinski definition) is 5. The molecule has 0 radical (unpaired) electrons. The lowest BCUT2D eigenvalue weighted by Gasteiger charge is -2.26. The van der Waals surface area contributed by atoms with E-state index in [1.54, 1.807) is 24.3 Å². The van der Waals surface area contributed by atoms with Gasteiger partial charge in [-0.1, -0.05) is 0 Å². The Kier molecular flexibility index (Phi) is 4.07. The summed E-state index contributed by atoms with van der Waals surface area (Å²) in [5.74, 6) is -1.48. The van der Waals surface area contributed by atoms with Gasteiger partial charge in [-0.05, 0) is 31.2 Å². The third-order valence-electron chi connectivity index (χ3n) is 3.25. The van der Waals surface area contributed by atoms with E-state index in [0.717, 1.165) is 4.90 Å². The number of aliphatic hydroxyl groups excluding tert-OH is 1. The number of ether oxygens (including phenoxy) is 1. The lowest BCUT2D eigenvalue weighted by molar-refractivity contribution is -0.128. The first-order chi connectivity index (χ1) is 9.95. The number of imide groups is 1. The van der Waals surface area contributed by atoms with E-state index < -0.39 is 17.6 Å². The Morgan fingerprint density at radius 2 is 1.86 bits per heavy atom. The minimum Gasteiger partial charge on any atom is -0.511 e. The van der Waals surface area contributed by atoms with Crippen molar-refractivity contribution in [2.45, 2.75) is 13.3 Å². The highest BCUT2D eigenvalue weighted by atomic mass is 16.5. The van der Waals surface area contributed by atoms with Gasteiger partial charge in [-0.25, -0.2) is 0 Å². The van der Waals surface area contributed by atoms with Crippen LogP contribution in [0.2, 0.25) is 0 Å². The lowest BCUT2D eigenvalue weighted by atomic mass is 10.0. The molecule has 1 aromatic rings. The van der Waals surface area contributed by atoms with Gasteiger partial charge >= 0.3 is 0 Å². The molecule has 1 heterocycles. The third-order valence-corrected chi connectivity index (χ3v) is 3.25. The molecule has 2 amide bonds. The maximum Gasteiger partial charge on any atom is 0.267 e. The van der Waals surface area contributed by atoms with Crippen molar-refractivity contribution in [2.75, 3.05) is 13.7 Å². The summed E-state index contributed by atoms with van der Waals surface area (Å²) in [5, 5.41) is 9.63. The van der Waals surface area contributed by atoms with Crippen LogP contribution in [0.25, 0.3) is 0 Å². The van der Waals surface area contributed by atoms with Crippen molar-refractivity contribution in [1.82, 2.24) is 4.90 Å². The minimum absolute atomic E-state index is 0.0479. The van der Waals surface area contributed by atoms with Crippen LogP contribution in [0.1, 0.15) is 23.7 Å². The van der Waals surface area contributed by atoms with Gasteiger partial charge in [0.15, 0.2) is 5.78 Å². The van der Waals surface area contributed by atoms with Crippen LogP contribution >= 0.6 is 0 Å². The molecular weight excluding hydrogens is 274 g/mol. The molecule has 0 aliphatic carbocycles. The first-order valence-corrected chi connectivity index (χ1v) is 6.39. The van der Waals surface area contributed by atoms with E-state index in [1.165, 1.54) is 14.0 Å². The molecule has 1 aliphatic rings. The normalized spacial score (nSPS) is 15.1. The standard InChI is InChI=1S/C15H15NO5/c1-9(17)13-12(18)7-8-16(15(13)20)14(19)10-3-5-11(21-2)6-4-10/h3-6,18H,7-8H2,1-2H3. The SMILES string of the molecule is COc1ccc(C(=O)N2CCC(O)=C(C(C)=O)C2=O)cc1. The number of rotatable bonds is 3. The summed E-state index contributed by atoms with van der Waals surface area (Å²) >= 11 is 0. The van der Waals surface area contributed by atoms with Crippen molar-refractivity contribution in [2.24, 2.45) is 0 Å². The Hall–Kier alpha value is -2.63. The average Bonchev–Trinajstić information content (AvgIpc) is 2.46. The van der Waals surface area contributed by atoms with Gasteiger partial charge in [0.05, 0.1) is 7.11 Å². The molecule has 0 spiro atoms.